The minimum atomic E-state index is -1.74. The lowest BCUT2D eigenvalue weighted by Crippen LogP contribution is -2.29. The molecule has 0 aliphatic rings. The lowest BCUT2D eigenvalue weighted by molar-refractivity contribution is -0.116. The number of amides is 1. The molecule has 1 N–H and O–H groups in total. The van der Waals surface area contributed by atoms with Gasteiger partial charge in [-0.15, -0.1) is 0 Å². The molecule has 4 aromatic rings. The van der Waals surface area contributed by atoms with E-state index in [-0.39, 0.29) is 6.07 Å². The van der Waals surface area contributed by atoms with E-state index in [4.69, 9.17) is 0 Å². The Labute approximate surface area is 191 Å². The maximum absolute atomic E-state index is 14.0. The third kappa shape index (κ3) is 3.95. The van der Waals surface area contributed by atoms with Crippen LogP contribution in [0.1, 0.15) is 23.7 Å². The first-order valence-corrected chi connectivity index (χ1v) is 10.4. The lowest BCUT2D eigenvalue weighted by Gasteiger charge is -2.13. The standard InChI is InChI=1S/C24H20F4N4O2/c1-4-14-5-7-15(8-6-14)32-24-20(13(3)30-32)12(2)9-19(34)31(24)11-18(33)29-23-21(27)16(25)10-17(26)22(23)28/h5-10H,4,11H2,1-3H3,(H,29,33). The number of aryl methyl sites for hydroxylation is 3. The van der Waals surface area contributed by atoms with E-state index in [1.807, 2.05) is 36.5 Å². The third-order valence-electron chi connectivity index (χ3n) is 5.56. The van der Waals surface area contributed by atoms with Gasteiger partial charge >= 0.3 is 0 Å². The molecule has 34 heavy (non-hydrogen) atoms. The van der Waals surface area contributed by atoms with E-state index in [9.17, 15) is 27.2 Å². The number of benzene rings is 2. The van der Waals surface area contributed by atoms with E-state index in [1.54, 1.807) is 13.8 Å². The van der Waals surface area contributed by atoms with Crippen LogP contribution in [0.5, 0.6) is 0 Å². The number of fused-ring (bicyclic) bond motifs is 1. The zero-order valence-electron chi connectivity index (χ0n) is 18.5. The summed E-state index contributed by atoms with van der Waals surface area (Å²) in [6, 6.07) is 8.82. The number of nitrogens with one attached hydrogen (secondary N) is 1. The van der Waals surface area contributed by atoms with Gasteiger partial charge in [0, 0.05) is 17.5 Å². The summed E-state index contributed by atoms with van der Waals surface area (Å²) in [4.78, 5) is 25.5. The fraction of sp³-hybridized carbons (Fsp3) is 0.208. The summed E-state index contributed by atoms with van der Waals surface area (Å²) in [5, 5.41) is 6.99. The van der Waals surface area contributed by atoms with Gasteiger partial charge in [-0.3, -0.25) is 14.2 Å². The van der Waals surface area contributed by atoms with Crippen LogP contribution in [0, 0.1) is 37.1 Å². The number of anilines is 1. The molecule has 0 bridgehead atoms. The second-order valence-electron chi connectivity index (χ2n) is 7.86. The molecule has 4 rings (SSSR count). The predicted octanol–water partition coefficient (Wildman–Crippen LogP) is 4.56. The van der Waals surface area contributed by atoms with Crippen molar-refractivity contribution in [3.05, 3.63) is 86.8 Å². The highest BCUT2D eigenvalue weighted by molar-refractivity contribution is 5.92. The SMILES string of the molecule is CCc1ccc(-n2nc(C)c3c(C)cc(=O)n(CC(=O)Nc4c(F)c(F)cc(F)c4F)c32)cc1. The van der Waals surface area contributed by atoms with Crippen LogP contribution in [-0.2, 0) is 17.8 Å². The van der Waals surface area contributed by atoms with Gasteiger partial charge in [0.2, 0.25) is 5.91 Å². The average Bonchev–Trinajstić information content (AvgIpc) is 3.15. The Bertz CT molecular complexity index is 1460. The summed E-state index contributed by atoms with van der Waals surface area (Å²) in [5.74, 6) is -7.86. The Morgan fingerprint density at radius 2 is 1.62 bits per heavy atom. The molecule has 1 amide bonds. The van der Waals surface area contributed by atoms with Crippen LogP contribution < -0.4 is 10.9 Å². The van der Waals surface area contributed by atoms with Crippen LogP contribution in [0.2, 0.25) is 0 Å². The van der Waals surface area contributed by atoms with Crippen LogP contribution in [0.3, 0.4) is 0 Å². The van der Waals surface area contributed by atoms with Gasteiger partial charge in [-0.25, -0.2) is 22.2 Å². The summed E-state index contributed by atoms with van der Waals surface area (Å²) in [5.41, 5.74) is 1.44. The van der Waals surface area contributed by atoms with Gasteiger partial charge in [0.05, 0.1) is 11.4 Å². The Kier molecular flexibility index (Phi) is 5.99. The summed E-state index contributed by atoms with van der Waals surface area (Å²) in [6.45, 7) is 4.82. The lowest BCUT2D eigenvalue weighted by atomic mass is 10.1. The molecule has 0 saturated heterocycles. The highest BCUT2D eigenvalue weighted by Crippen LogP contribution is 2.26. The van der Waals surface area contributed by atoms with E-state index in [0.29, 0.717) is 28.0 Å². The fourth-order valence-electron chi connectivity index (χ4n) is 3.88. The van der Waals surface area contributed by atoms with Gasteiger partial charge in [0.15, 0.2) is 23.3 Å². The Morgan fingerprint density at radius 1 is 1.00 bits per heavy atom. The number of carbonyl (C=O) groups excluding carboxylic acids is 1. The molecule has 0 aliphatic carbocycles. The van der Waals surface area contributed by atoms with Crippen molar-refractivity contribution in [2.45, 2.75) is 33.7 Å². The Morgan fingerprint density at radius 3 is 2.21 bits per heavy atom. The number of aromatic nitrogens is 3. The van der Waals surface area contributed by atoms with Gasteiger partial charge in [-0.2, -0.15) is 5.10 Å². The van der Waals surface area contributed by atoms with Gasteiger partial charge in [-0.1, -0.05) is 19.1 Å². The van der Waals surface area contributed by atoms with Crippen molar-refractivity contribution < 1.29 is 22.4 Å². The van der Waals surface area contributed by atoms with Crippen LogP contribution in [0.4, 0.5) is 23.2 Å². The highest BCUT2D eigenvalue weighted by atomic mass is 19.2. The molecule has 0 saturated carbocycles. The second kappa shape index (κ2) is 8.77. The molecule has 176 valence electrons. The van der Waals surface area contributed by atoms with Gasteiger partial charge < -0.3 is 5.32 Å². The first kappa shape index (κ1) is 23.2. The Hall–Kier alpha value is -3.95. The molecule has 0 fully saturated rings. The number of rotatable bonds is 5. The smallest absolute Gasteiger partial charge is 0.252 e. The maximum atomic E-state index is 14.0. The molecule has 2 heterocycles. The quantitative estimate of drug-likeness (QED) is 0.342. The fourth-order valence-corrected chi connectivity index (χ4v) is 3.88. The van der Waals surface area contributed by atoms with E-state index in [1.165, 1.54) is 10.7 Å². The van der Waals surface area contributed by atoms with E-state index in [2.05, 4.69) is 5.10 Å². The maximum Gasteiger partial charge on any atom is 0.252 e. The third-order valence-corrected chi connectivity index (χ3v) is 5.56. The summed E-state index contributed by atoms with van der Waals surface area (Å²) >= 11 is 0. The zero-order valence-corrected chi connectivity index (χ0v) is 18.5. The van der Waals surface area contributed by atoms with Crippen LogP contribution >= 0.6 is 0 Å². The number of nitrogens with zero attached hydrogens (tertiary/aromatic N) is 3. The number of hydrogen-bond acceptors (Lipinski definition) is 3. The van der Waals surface area contributed by atoms with Crippen LogP contribution in [0.25, 0.3) is 16.7 Å². The van der Waals surface area contributed by atoms with Crippen LogP contribution in [0.15, 0.2) is 41.2 Å². The molecule has 10 heteroatoms. The van der Waals surface area contributed by atoms with Crippen molar-refractivity contribution in [1.29, 1.82) is 0 Å². The molecule has 2 aromatic carbocycles. The first-order chi connectivity index (χ1) is 16.1. The predicted molar refractivity (Wildman–Crippen MR) is 119 cm³/mol. The molecule has 0 spiro atoms. The highest BCUT2D eigenvalue weighted by Gasteiger charge is 2.23. The molecular weight excluding hydrogens is 452 g/mol. The monoisotopic (exact) mass is 472 g/mol. The average molecular weight is 472 g/mol. The molecule has 0 unspecified atom stereocenters. The topological polar surface area (TPSA) is 68.9 Å². The van der Waals surface area contributed by atoms with Crippen LogP contribution in [-0.4, -0.2) is 20.3 Å². The van der Waals surface area contributed by atoms with Crippen molar-refractivity contribution in [1.82, 2.24) is 14.3 Å². The summed E-state index contributed by atoms with van der Waals surface area (Å²) in [7, 11) is 0. The largest absolute Gasteiger partial charge is 0.319 e. The van der Waals surface area contributed by atoms with Gasteiger partial charge in [0.25, 0.3) is 5.56 Å². The first-order valence-electron chi connectivity index (χ1n) is 10.4. The normalized spacial score (nSPS) is 11.3. The molecule has 0 radical (unpaired) electrons. The second-order valence-corrected chi connectivity index (χ2v) is 7.86. The van der Waals surface area contributed by atoms with E-state index >= 15 is 0 Å². The number of pyridine rings is 1. The van der Waals surface area contributed by atoms with Gasteiger partial charge in [0.1, 0.15) is 17.9 Å². The minimum absolute atomic E-state index is 0.0411. The number of hydrogen-bond donors (Lipinski definition) is 1. The van der Waals surface area contributed by atoms with Crippen molar-refractivity contribution >= 4 is 22.6 Å². The molecule has 2 aromatic heterocycles. The molecular formula is C24H20F4N4O2. The van der Waals surface area contributed by atoms with Crippen molar-refractivity contribution in [3.63, 3.8) is 0 Å². The summed E-state index contributed by atoms with van der Waals surface area (Å²) in [6.07, 6.45) is 0.830. The summed E-state index contributed by atoms with van der Waals surface area (Å²) < 4.78 is 57.6. The number of halogens is 4. The van der Waals surface area contributed by atoms with Crippen molar-refractivity contribution in [3.8, 4) is 5.69 Å². The molecule has 0 aliphatic heterocycles. The van der Waals surface area contributed by atoms with E-state index in [0.717, 1.165) is 16.6 Å². The van der Waals surface area contributed by atoms with Crippen molar-refractivity contribution in [2.24, 2.45) is 0 Å². The minimum Gasteiger partial charge on any atom is -0.319 e. The van der Waals surface area contributed by atoms with Gasteiger partial charge in [-0.05, 0) is 43.5 Å². The Balaban J connectivity index is 1.82. The van der Waals surface area contributed by atoms with E-state index < -0.39 is 47.0 Å². The molecule has 0 atom stereocenters. The zero-order chi connectivity index (χ0) is 24.7. The number of carbonyl (C=O) groups is 1. The molecule has 6 nitrogen and oxygen atoms in total. The van der Waals surface area contributed by atoms with Crippen molar-refractivity contribution in [2.75, 3.05) is 5.32 Å².